The molecule has 4 heteroatoms. The molecule has 2 aliphatic heterocycles. The van der Waals surface area contributed by atoms with Crippen LogP contribution in [0.3, 0.4) is 0 Å². The zero-order valence-electron chi connectivity index (χ0n) is 25.0. The molecule has 4 nitrogen and oxygen atoms in total. The van der Waals surface area contributed by atoms with E-state index >= 15 is 0 Å². The van der Waals surface area contributed by atoms with E-state index in [1.165, 1.54) is 49.9 Å². The highest BCUT2D eigenvalue weighted by Gasteiger charge is 2.51. The topological polar surface area (TPSA) is 19.0 Å². The average molecular weight is 518 g/mol. The summed E-state index contributed by atoms with van der Waals surface area (Å²) in [6, 6.07) is 19.6. The van der Waals surface area contributed by atoms with E-state index in [0.717, 1.165) is 25.4 Å². The van der Waals surface area contributed by atoms with E-state index in [-0.39, 0.29) is 0 Å². The van der Waals surface area contributed by atoms with Crippen LogP contribution in [0.15, 0.2) is 48.5 Å². The molecule has 0 N–H and O–H groups in total. The molecule has 2 unspecified atom stereocenters. The highest BCUT2D eigenvalue weighted by molar-refractivity contribution is 5.35. The Bertz CT molecular complexity index is 1060. The third-order valence-corrected chi connectivity index (χ3v) is 10.1. The van der Waals surface area contributed by atoms with Crippen molar-refractivity contribution in [3.8, 4) is 5.75 Å². The number of likely N-dealkylation sites (tertiary alicyclic amines) is 1. The van der Waals surface area contributed by atoms with Crippen molar-refractivity contribution >= 4 is 0 Å². The van der Waals surface area contributed by atoms with Crippen molar-refractivity contribution in [2.75, 3.05) is 33.3 Å². The molecule has 3 fully saturated rings. The molecular weight excluding hydrogens is 466 g/mol. The highest BCUT2D eigenvalue weighted by Crippen LogP contribution is 2.54. The minimum Gasteiger partial charge on any atom is -0.497 e. The lowest BCUT2D eigenvalue weighted by molar-refractivity contribution is -0.0978. The van der Waals surface area contributed by atoms with Gasteiger partial charge in [0.2, 0.25) is 0 Å². The molecule has 0 amide bonds. The number of rotatable bonds is 6. The molecular formula is C34H51N3O. The maximum atomic E-state index is 5.40. The van der Waals surface area contributed by atoms with Crippen molar-refractivity contribution in [3.05, 3.63) is 65.2 Å². The third kappa shape index (κ3) is 5.55. The lowest BCUT2D eigenvalue weighted by atomic mass is 9.59. The third-order valence-electron chi connectivity index (χ3n) is 10.1. The fourth-order valence-corrected chi connectivity index (χ4v) is 7.64. The first-order valence-electron chi connectivity index (χ1n) is 15.1. The number of benzene rings is 2. The fraction of sp³-hybridized carbons (Fsp3) is 0.647. The van der Waals surface area contributed by atoms with Gasteiger partial charge in [-0.15, -0.1) is 0 Å². The molecule has 2 aromatic carbocycles. The van der Waals surface area contributed by atoms with Crippen molar-refractivity contribution in [1.29, 1.82) is 0 Å². The molecule has 5 rings (SSSR count). The van der Waals surface area contributed by atoms with Gasteiger partial charge in [0.1, 0.15) is 5.75 Å². The van der Waals surface area contributed by atoms with E-state index in [1.807, 2.05) is 0 Å². The molecule has 1 spiro atoms. The second-order valence-corrected chi connectivity index (χ2v) is 13.7. The fourth-order valence-electron chi connectivity index (χ4n) is 7.64. The maximum Gasteiger partial charge on any atom is 0.118 e. The van der Waals surface area contributed by atoms with Crippen molar-refractivity contribution in [2.45, 2.75) is 103 Å². The van der Waals surface area contributed by atoms with Gasteiger partial charge in [-0.05, 0) is 107 Å². The van der Waals surface area contributed by atoms with Crippen LogP contribution < -0.4 is 4.74 Å². The molecule has 0 aromatic heterocycles. The Labute approximate surface area is 232 Å². The first kappa shape index (κ1) is 27.7. The number of hydrogen-bond donors (Lipinski definition) is 0. The molecule has 1 saturated carbocycles. The zero-order valence-corrected chi connectivity index (χ0v) is 25.0. The summed E-state index contributed by atoms with van der Waals surface area (Å²) in [6.07, 6.45) is 5.52. The SMILES string of the molecule is COc1ccc(CN2CCN(C3CC4(CCN(C(C)(C)C)CC4)C3)C(c3ccccc3C(C)C)C2C)cc1. The first-order chi connectivity index (χ1) is 18.1. The van der Waals surface area contributed by atoms with Crippen LogP contribution in [0.4, 0.5) is 0 Å². The number of methoxy groups -OCH3 is 1. The van der Waals surface area contributed by atoms with E-state index in [2.05, 4.69) is 105 Å². The van der Waals surface area contributed by atoms with Crippen LogP contribution in [-0.4, -0.2) is 65.6 Å². The predicted molar refractivity (Wildman–Crippen MR) is 159 cm³/mol. The van der Waals surface area contributed by atoms with Gasteiger partial charge in [0, 0.05) is 37.3 Å². The summed E-state index contributed by atoms with van der Waals surface area (Å²) in [6.45, 7) is 20.1. The summed E-state index contributed by atoms with van der Waals surface area (Å²) in [5.74, 6) is 1.47. The van der Waals surface area contributed by atoms with Gasteiger partial charge in [0.15, 0.2) is 0 Å². The summed E-state index contributed by atoms with van der Waals surface area (Å²) in [4.78, 5) is 8.35. The van der Waals surface area contributed by atoms with Gasteiger partial charge in [-0.3, -0.25) is 14.7 Å². The molecule has 2 atom stereocenters. The predicted octanol–water partition coefficient (Wildman–Crippen LogP) is 7.11. The van der Waals surface area contributed by atoms with Crippen LogP contribution >= 0.6 is 0 Å². The van der Waals surface area contributed by atoms with Crippen molar-refractivity contribution in [2.24, 2.45) is 5.41 Å². The summed E-state index contributed by atoms with van der Waals surface area (Å²) in [5.41, 5.74) is 5.32. The largest absolute Gasteiger partial charge is 0.497 e. The van der Waals surface area contributed by atoms with Crippen molar-refractivity contribution in [3.63, 3.8) is 0 Å². The second kappa shape index (κ2) is 10.9. The molecule has 2 aromatic rings. The van der Waals surface area contributed by atoms with Crippen LogP contribution in [0.25, 0.3) is 0 Å². The Balaban J connectivity index is 1.35. The zero-order chi connectivity index (χ0) is 27.1. The van der Waals surface area contributed by atoms with Crippen LogP contribution in [0, 0.1) is 5.41 Å². The number of nitrogens with zero attached hydrogens (tertiary/aromatic N) is 3. The normalized spacial score (nSPS) is 25.6. The van der Waals surface area contributed by atoms with Crippen LogP contribution in [-0.2, 0) is 6.54 Å². The summed E-state index contributed by atoms with van der Waals surface area (Å²) >= 11 is 0. The Kier molecular flexibility index (Phi) is 7.97. The Morgan fingerprint density at radius 2 is 1.58 bits per heavy atom. The van der Waals surface area contributed by atoms with E-state index in [0.29, 0.717) is 35.0 Å². The molecule has 1 aliphatic carbocycles. The quantitative estimate of drug-likeness (QED) is 0.406. The van der Waals surface area contributed by atoms with Gasteiger partial charge >= 0.3 is 0 Å². The van der Waals surface area contributed by atoms with E-state index in [9.17, 15) is 0 Å². The van der Waals surface area contributed by atoms with Gasteiger partial charge in [-0.25, -0.2) is 0 Å². The first-order valence-corrected chi connectivity index (χ1v) is 15.1. The summed E-state index contributed by atoms with van der Waals surface area (Å²) in [7, 11) is 1.74. The minimum atomic E-state index is 0.298. The van der Waals surface area contributed by atoms with Crippen LogP contribution in [0.5, 0.6) is 5.75 Å². The highest BCUT2D eigenvalue weighted by atomic mass is 16.5. The van der Waals surface area contributed by atoms with Gasteiger partial charge in [0.25, 0.3) is 0 Å². The van der Waals surface area contributed by atoms with Crippen molar-refractivity contribution < 1.29 is 4.74 Å². The molecule has 2 saturated heterocycles. The molecule has 2 heterocycles. The number of hydrogen-bond acceptors (Lipinski definition) is 4. The molecule has 208 valence electrons. The van der Waals surface area contributed by atoms with Crippen LogP contribution in [0.2, 0.25) is 0 Å². The van der Waals surface area contributed by atoms with Crippen molar-refractivity contribution in [1.82, 2.24) is 14.7 Å². The summed E-state index contributed by atoms with van der Waals surface area (Å²) in [5, 5.41) is 0. The Morgan fingerprint density at radius 1 is 0.921 bits per heavy atom. The average Bonchev–Trinajstić information content (AvgIpc) is 2.88. The molecule has 38 heavy (non-hydrogen) atoms. The molecule has 0 radical (unpaired) electrons. The van der Waals surface area contributed by atoms with E-state index in [4.69, 9.17) is 4.74 Å². The lowest BCUT2D eigenvalue weighted by Crippen LogP contribution is -2.62. The lowest BCUT2D eigenvalue weighted by Gasteiger charge is -2.60. The van der Waals surface area contributed by atoms with E-state index in [1.54, 1.807) is 12.7 Å². The van der Waals surface area contributed by atoms with Crippen LogP contribution in [0.1, 0.15) is 95.9 Å². The Hall–Kier alpha value is -1.88. The minimum absolute atomic E-state index is 0.298. The molecule has 0 bridgehead atoms. The van der Waals surface area contributed by atoms with Gasteiger partial charge in [-0.1, -0.05) is 50.2 Å². The smallest absolute Gasteiger partial charge is 0.118 e. The molecule has 3 aliphatic rings. The van der Waals surface area contributed by atoms with Gasteiger partial charge in [0.05, 0.1) is 13.2 Å². The standard InChI is InChI=1S/C34H51N3O/c1-25(2)30-10-8-9-11-31(30)32-26(3)35(24-27-12-14-29(38-7)15-13-27)20-21-37(32)28-22-34(23-28)16-18-36(19-17-34)33(4,5)6/h8-15,25-26,28,32H,16-24H2,1-7H3. The monoisotopic (exact) mass is 517 g/mol. The van der Waals surface area contributed by atoms with Gasteiger partial charge in [-0.2, -0.15) is 0 Å². The second-order valence-electron chi connectivity index (χ2n) is 13.7. The maximum absolute atomic E-state index is 5.40. The van der Waals surface area contributed by atoms with E-state index < -0.39 is 0 Å². The summed E-state index contributed by atoms with van der Waals surface area (Å²) < 4.78 is 5.40. The Morgan fingerprint density at radius 3 is 2.18 bits per heavy atom. The number of piperazine rings is 1. The van der Waals surface area contributed by atoms with Gasteiger partial charge < -0.3 is 4.74 Å². The number of ether oxygens (including phenoxy) is 1. The number of piperidine rings is 1.